The zero-order valence-electron chi connectivity index (χ0n) is 21.8. The van der Waals surface area contributed by atoms with E-state index in [2.05, 4.69) is 62.7 Å². The average Bonchev–Trinajstić information content (AvgIpc) is 3.58. The Kier molecular flexibility index (Phi) is 7.57. The lowest BCUT2D eigenvalue weighted by atomic mass is 9.85. The standard InChI is InChI=1S/C28H40N6O2/c1-19(18-36-3)32-27-30-17-26-24(16-25(34(26)33-27)21-6-10-23(35)11-7-21)20-4-8-22(9-5-20)28(12-13-28)31-15-14-29-2/h4-5,8-9,16-17,19,21,23,29,31,35H,6-7,10-15,18H2,1-3H3,(H,32,33)/t19-,21?,23?/m0/s1. The minimum absolute atomic E-state index is 0.111. The van der Waals surface area contributed by atoms with Gasteiger partial charge >= 0.3 is 0 Å². The number of likely N-dealkylation sites (N-methyl/N-ethyl adjacent to an activating group) is 1. The first-order chi connectivity index (χ1) is 17.5. The first-order valence-corrected chi connectivity index (χ1v) is 13.4. The number of ether oxygens (including phenoxy) is 1. The van der Waals surface area contributed by atoms with Crippen LogP contribution < -0.4 is 16.0 Å². The number of aromatic nitrogens is 3. The number of aliphatic hydroxyl groups excluding tert-OH is 1. The maximum atomic E-state index is 10.1. The molecule has 0 bridgehead atoms. The molecule has 2 heterocycles. The number of hydrogen-bond donors (Lipinski definition) is 4. The third-order valence-electron chi connectivity index (χ3n) is 7.79. The van der Waals surface area contributed by atoms with Crippen molar-refractivity contribution in [2.75, 3.05) is 39.2 Å². The molecular weight excluding hydrogens is 452 g/mol. The molecule has 0 aliphatic heterocycles. The fourth-order valence-electron chi connectivity index (χ4n) is 5.57. The van der Waals surface area contributed by atoms with E-state index in [1.54, 1.807) is 7.11 Å². The van der Waals surface area contributed by atoms with Gasteiger partial charge in [-0.05, 0) is 69.7 Å². The van der Waals surface area contributed by atoms with Crippen LogP contribution in [0, 0.1) is 0 Å². The average molecular weight is 493 g/mol. The van der Waals surface area contributed by atoms with E-state index in [0.29, 0.717) is 18.5 Å². The minimum Gasteiger partial charge on any atom is -0.393 e. The zero-order chi connectivity index (χ0) is 25.1. The summed E-state index contributed by atoms with van der Waals surface area (Å²) in [6.07, 6.45) is 7.75. The Balaban J connectivity index is 1.46. The third kappa shape index (κ3) is 5.27. The molecule has 2 saturated carbocycles. The van der Waals surface area contributed by atoms with Crippen LogP contribution in [0.5, 0.6) is 0 Å². The van der Waals surface area contributed by atoms with Crippen molar-refractivity contribution in [2.24, 2.45) is 0 Å². The Bertz CT molecular complexity index is 1150. The molecule has 0 radical (unpaired) electrons. The number of nitrogens with zero attached hydrogens (tertiary/aromatic N) is 3. The second-order valence-corrected chi connectivity index (χ2v) is 10.6. The molecule has 2 fully saturated rings. The predicted octanol–water partition coefficient (Wildman–Crippen LogP) is 3.66. The molecule has 194 valence electrons. The van der Waals surface area contributed by atoms with Gasteiger partial charge in [-0.2, -0.15) is 0 Å². The predicted molar refractivity (Wildman–Crippen MR) is 143 cm³/mol. The van der Waals surface area contributed by atoms with E-state index in [9.17, 15) is 5.11 Å². The summed E-state index contributed by atoms with van der Waals surface area (Å²) in [5.41, 5.74) is 6.06. The molecular formula is C28H40N6O2. The Labute approximate surface area is 213 Å². The molecule has 3 aromatic rings. The number of benzene rings is 1. The normalized spacial score (nSPS) is 22.0. The van der Waals surface area contributed by atoms with Crippen LogP contribution in [0.1, 0.15) is 62.6 Å². The van der Waals surface area contributed by atoms with Gasteiger partial charge in [0.25, 0.3) is 0 Å². The van der Waals surface area contributed by atoms with Crippen molar-refractivity contribution >= 4 is 11.5 Å². The molecule has 0 spiro atoms. The van der Waals surface area contributed by atoms with Gasteiger partial charge in [0, 0.05) is 49.0 Å². The van der Waals surface area contributed by atoms with Gasteiger partial charge in [0.2, 0.25) is 5.95 Å². The summed E-state index contributed by atoms with van der Waals surface area (Å²) in [5.74, 6) is 0.976. The molecule has 0 unspecified atom stereocenters. The lowest BCUT2D eigenvalue weighted by molar-refractivity contribution is 0.121. The molecule has 1 atom stereocenters. The van der Waals surface area contributed by atoms with Gasteiger partial charge in [-0.25, -0.2) is 9.50 Å². The van der Waals surface area contributed by atoms with Crippen LogP contribution in [0.3, 0.4) is 0 Å². The lowest BCUT2D eigenvalue weighted by Gasteiger charge is -2.25. The maximum absolute atomic E-state index is 10.1. The summed E-state index contributed by atoms with van der Waals surface area (Å²) in [5, 5.41) is 25.3. The van der Waals surface area contributed by atoms with Crippen LogP contribution in [-0.4, -0.2) is 65.7 Å². The van der Waals surface area contributed by atoms with Crippen molar-refractivity contribution in [2.45, 2.75) is 69.1 Å². The highest BCUT2D eigenvalue weighted by Crippen LogP contribution is 2.46. The van der Waals surface area contributed by atoms with E-state index in [4.69, 9.17) is 9.84 Å². The molecule has 1 aromatic carbocycles. The third-order valence-corrected chi connectivity index (χ3v) is 7.79. The Morgan fingerprint density at radius 1 is 1.14 bits per heavy atom. The maximum Gasteiger partial charge on any atom is 0.241 e. The van der Waals surface area contributed by atoms with Crippen LogP contribution in [0.2, 0.25) is 0 Å². The lowest BCUT2D eigenvalue weighted by Crippen LogP contribution is -2.34. The van der Waals surface area contributed by atoms with Crippen molar-refractivity contribution in [1.82, 2.24) is 25.2 Å². The number of methoxy groups -OCH3 is 1. The molecule has 5 rings (SSSR count). The number of anilines is 1. The van der Waals surface area contributed by atoms with E-state index in [-0.39, 0.29) is 17.7 Å². The van der Waals surface area contributed by atoms with E-state index in [1.807, 2.05) is 13.2 Å². The van der Waals surface area contributed by atoms with Gasteiger partial charge in [0.1, 0.15) is 0 Å². The monoisotopic (exact) mass is 492 g/mol. The zero-order valence-corrected chi connectivity index (χ0v) is 21.8. The number of rotatable bonds is 11. The van der Waals surface area contributed by atoms with Crippen LogP contribution in [-0.2, 0) is 10.3 Å². The summed E-state index contributed by atoms with van der Waals surface area (Å²) >= 11 is 0. The molecule has 4 N–H and O–H groups in total. The topological polar surface area (TPSA) is 95.7 Å². The van der Waals surface area contributed by atoms with Gasteiger partial charge in [-0.15, -0.1) is 5.10 Å². The molecule has 0 saturated heterocycles. The Hall–Kier alpha value is -2.52. The highest BCUT2D eigenvalue weighted by molar-refractivity contribution is 5.81. The van der Waals surface area contributed by atoms with E-state index in [0.717, 1.165) is 49.9 Å². The summed E-state index contributed by atoms with van der Waals surface area (Å²) < 4.78 is 7.33. The Morgan fingerprint density at radius 3 is 2.56 bits per heavy atom. The number of aliphatic hydroxyl groups is 1. The Morgan fingerprint density at radius 2 is 1.89 bits per heavy atom. The molecule has 0 amide bonds. The van der Waals surface area contributed by atoms with Crippen molar-refractivity contribution in [3.8, 4) is 11.1 Å². The van der Waals surface area contributed by atoms with Crippen LogP contribution in [0.25, 0.3) is 16.6 Å². The highest BCUT2D eigenvalue weighted by Gasteiger charge is 2.43. The SMILES string of the molecule is CNCCNC1(c2ccc(-c3cc(C4CCC(O)CC4)n4nc(N[C@@H](C)COC)ncc34)cc2)CC1. The molecule has 2 aromatic heterocycles. The van der Waals surface area contributed by atoms with Crippen molar-refractivity contribution < 1.29 is 9.84 Å². The van der Waals surface area contributed by atoms with E-state index < -0.39 is 0 Å². The van der Waals surface area contributed by atoms with Crippen molar-refractivity contribution in [1.29, 1.82) is 0 Å². The molecule has 2 aliphatic carbocycles. The summed E-state index contributed by atoms with van der Waals surface area (Å²) in [7, 11) is 3.69. The van der Waals surface area contributed by atoms with Crippen LogP contribution in [0.15, 0.2) is 36.5 Å². The largest absolute Gasteiger partial charge is 0.393 e. The van der Waals surface area contributed by atoms with Gasteiger partial charge < -0.3 is 25.8 Å². The van der Waals surface area contributed by atoms with Crippen molar-refractivity contribution in [3.63, 3.8) is 0 Å². The van der Waals surface area contributed by atoms with Gasteiger partial charge in [-0.3, -0.25) is 0 Å². The number of nitrogens with one attached hydrogen (secondary N) is 3. The second kappa shape index (κ2) is 10.8. The smallest absolute Gasteiger partial charge is 0.241 e. The fourth-order valence-corrected chi connectivity index (χ4v) is 5.57. The summed E-state index contributed by atoms with van der Waals surface area (Å²) in [6.45, 7) is 4.59. The molecule has 8 heteroatoms. The van der Waals surface area contributed by atoms with Gasteiger partial charge in [0.15, 0.2) is 0 Å². The quantitative estimate of drug-likeness (QED) is 0.304. The van der Waals surface area contributed by atoms with Crippen LogP contribution in [0.4, 0.5) is 5.95 Å². The van der Waals surface area contributed by atoms with E-state index >= 15 is 0 Å². The second-order valence-electron chi connectivity index (χ2n) is 10.6. The first kappa shape index (κ1) is 25.1. The van der Waals surface area contributed by atoms with Crippen LogP contribution >= 0.6 is 0 Å². The highest BCUT2D eigenvalue weighted by atomic mass is 16.5. The molecule has 36 heavy (non-hydrogen) atoms. The molecule has 8 nitrogen and oxygen atoms in total. The fraction of sp³-hybridized carbons (Fsp3) is 0.571. The minimum atomic E-state index is -0.183. The van der Waals surface area contributed by atoms with Gasteiger partial charge in [-0.1, -0.05) is 24.3 Å². The van der Waals surface area contributed by atoms with E-state index in [1.165, 1.54) is 29.7 Å². The number of fused-ring (bicyclic) bond motifs is 1. The number of hydrogen-bond acceptors (Lipinski definition) is 7. The van der Waals surface area contributed by atoms with Gasteiger partial charge in [0.05, 0.1) is 24.4 Å². The summed E-state index contributed by atoms with van der Waals surface area (Å²) in [6, 6.07) is 11.4. The first-order valence-electron chi connectivity index (χ1n) is 13.4. The molecule has 2 aliphatic rings. The summed E-state index contributed by atoms with van der Waals surface area (Å²) in [4.78, 5) is 4.64. The van der Waals surface area contributed by atoms with Crippen molar-refractivity contribution in [3.05, 3.63) is 47.8 Å².